The Hall–Kier alpha value is -1.67. The van der Waals surface area contributed by atoms with Crippen LogP contribution in [0.25, 0.3) is 5.69 Å². The first-order valence-electron chi connectivity index (χ1n) is 5.55. The quantitative estimate of drug-likeness (QED) is 0.813. The van der Waals surface area contributed by atoms with Crippen LogP contribution in [0, 0.1) is 11.3 Å². The van der Waals surface area contributed by atoms with Crippen LogP contribution >= 0.6 is 15.9 Å². The van der Waals surface area contributed by atoms with Crippen LogP contribution in [0.1, 0.15) is 32.2 Å². The minimum atomic E-state index is -0.193. The SMILES string of the molecule is CC(C)(C)c1c(C#N)nnn1-c1ccc(Br)cc1. The molecule has 0 aliphatic heterocycles. The standard InChI is InChI=1S/C13H13BrN4/c1-13(2,3)12-11(8-15)16-17-18(12)10-6-4-9(14)5-7-10/h4-7H,1-3H3. The van der Waals surface area contributed by atoms with Crippen LogP contribution < -0.4 is 0 Å². The van der Waals surface area contributed by atoms with E-state index in [4.69, 9.17) is 5.26 Å². The van der Waals surface area contributed by atoms with E-state index in [0.717, 1.165) is 15.9 Å². The second-order valence-electron chi connectivity index (χ2n) is 5.04. The average Bonchev–Trinajstić information content (AvgIpc) is 2.73. The lowest BCUT2D eigenvalue weighted by atomic mass is 9.90. The number of halogens is 1. The van der Waals surface area contributed by atoms with E-state index < -0.39 is 0 Å². The fourth-order valence-corrected chi connectivity index (χ4v) is 2.06. The molecule has 0 saturated heterocycles. The molecule has 0 amide bonds. The van der Waals surface area contributed by atoms with E-state index in [1.54, 1.807) is 4.68 Å². The first-order valence-corrected chi connectivity index (χ1v) is 6.35. The summed E-state index contributed by atoms with van der Waals surface area (Å²) in [6.45, 7) is 6.13. The maximum atomic E-state index is 9.11. The molecule has 4 nitrogen and oxygen atoms in total. The Kier molecular flexibility index (Phi) is 3.22. The van der Waals surface area contributed by atoms with Gasteiger partial charge in [-0.3, -0.25) is 0 Å². The molecule has 0 saturated carbocycles. The molecule has 5 heteroatoms. The van der Waals surface area contributed by atoms with Gasteiger partial charge >= 0.3 is 0 Å². The second kappa shape index (κ2) is 4.54. The van der Waals surface area contributed by atoms with Crippen molar-refractivity contribution < 1.29 is 0 Å². The molecule has 18 heavy (non-hydrogen) atoms. The molecule has 2 aromatic rings. The first-order chi connectivity index (χ1) is 8.43. The maximum absolute atomic E-state index is 9.11. The van der Waals surface area contributed by atoms with E-state index in [2.05, 4.69) is 32.3 Å². The van der Waals surface area contributed by atoms with E-state index in [1.807, 2.05) is 45.0 Å². The molecule has 0 aliphatic rings. The molecule has 0 radical (unpaired) electrons. The van der Waals surface area contributed by atoms with Crippen LogP contribution in [0.15, 0.2) is 28.7 Å². The number of rotatable bonds is 1. The Labute approximate surface area is 114 Å². The topological polar surface area (TPSA) is 54.5 Å². The summed E-state index contributed by atoms with van der Waals surface area (Å²) < 4.78 is 2.73. The summed E-state index contributed by atoms with van der Waals surface area (Å²) in [7, 11) is 0. The third-order valence-electron chi connectivity index (χ3n) is 2.56. The highest BCUT2D eigenvalue weighted by molar-refractivity contribution is 9.10. The summed E-state index contributed by atoms with van der Waals surface area (Å²) in [5.41, 5.74) is 1.91. The number of aromatic nitrogens is 3. The second-order valence-corrected chi connectivity index (χ2v) is 5.95. The van der Waals surface area contributed by atoms with Crippen molar-refractivity contribution in [3.8, 4) is 11.8 Å². The lowest BCUT2D eigenvalue weighted by molar-refractivity contribution is 0.541. The Morgan fingerprint density at radius 1 is 1.22 bits per heavy atom. The molecular weight excluding hydrogens is 292 g/mol. The molecule has 0 spiro atoms. The van der Waals surface area contributed by atoms with Crippen molar-refractivity contribution >= 4 is 15.9 Å². The van der Waals surface area contributed by atoms with Crippen molar-refractivity contribution in [1.29, 1.82) is 5.26 Å². The predicted molar refractivity (Wildman–Crippen MR) is 72.5 cm³/mol. The maximum Gasteiger partial charge on any atom is 0.186 e. The summed E-state index contributed by atoms with van der Waals surface area (Å²) >= 11 is 3.40. The molecule has 0 bridgehead atoms. The fourth-order valence-electron chi connectivity index (χ4n) is 1.79. The zero-order chi connectivity index (χ0) is 13.3. The Morgan fingerprint density at radius 2 is 1.83 bits per heavy atom. The molecule has 0 atom stereocenters. The highest BCUT2D eigenvalue weighted by atomic mass is 79.9. The highest BCUT2D eigenvalue weighted by Gasteiger charge is 2.26. The van der Waals surface area contributed by atoms with E-state index in [1.165, 1.54) is 0 Å². The van der Waals surface area contributed by atoms with Crippen molar-refractivity contribution in [2.24, 2.45) is 0 Å². The monoisotopic (exact) mass is 304 g/mol. The zero-order valence-corrected chi connectivity index (χ0v) is 12.1. The predicted octanol–water partition coefficient (Wildman–Crippen LogP) is 3.20. The van der Waals surface area contributed by atoms with Crippen molar-refractivity contribution in [2.45, 2.75) is 26.2 Å². The van der Waals surface area contributed by atoms with Crippen LogP contribution in [0.2, 0.25) is 0 Å². The van der Waals surface area contributed by atoms with Gasteiger partial charge in [0.05, 0.1) is 11.4 Å². The Balaban J connectivity index is 2.63. The average molecular weight is 305 g/mol. The summed E-state index contributed by atoms with van der Waals surface area (Å²) in [5, 5.41) is 17.1. The summed E-state index contributed by atoms with van der Waals surface area (Å²) in [5.74, 6) is 0. The molecule has 2 rings (SSSR count). The number of benzene rings is 1. The third kappa shape index (κ3) is 2.29. The number of hydrogen-bond acceptors (Lipinski definition) is 3. The van der Waals surface area contributed by atoms with Gasteiger partial charge in [0.2, 0.25) is 0 Å². The first kappa shape index (κ1) is 12.8. The van der Waals surface area contributed by atoms with E-state index >= 15 is 0 Å². The fraction of sp³-hybridized carbons (Fsp3) is 0.308. The smallest absolute Gasteiger partial charge is 0.186 e. The number of hydrogen-bond donors (Lipinski definition) is 0. The third-order valence-corrected chi connectivity index (χ3v) is 3.09. The normalized spacial score (nSPS) is 11.3. The Morgan fingerprint density at radius 3 is 2.33 bits per heavy atom. The van der Waals surface area contributed by atoms with Gasteiger partial charge in [0, 0.05) is 9.89 Å². The van der Waals surface area contributed by atoms with Gasteiger partial charge in [-0.15, -0.1) is 5.10 Å². The van der Waals surface area contributed by atoms with E-state index in [9.17, 15) is 0 Å². The van der Waals surface area contributed by atoms with Gasteiger partial charge in [-0.2, -0.15) is 5.26 Å². The van der Waals surface area contributed by atoms with Crippen molar-refractivity contribution in [3.05, 3.63) is 40.1 Å². The lowest BCUT2D eigenvalue weighted by Gasteiger charge is -2.19. The van der Waals surface area contributed by atoms with E-state index in [0.29, 0.717) is 5.69 Å². The van der Waals surface area contributed by atoms with Crippen LogP contribution in [-0.2, 0) is 5.41 Å². The minimum absolute atomic E-state index is 0.193. The molecule has 0 unspecified atom stereocenters. The molecule has 0 fully saturated rings. The van der Waals surface area contributed by atoms with Gasteiger partial charge in [0.1, 0.15) is 6.07 Å². The van der Waals surface area contributed by atoms with Crippen LogP contribution in [0.4, 0.5) is 0 Å². The van der Waals surface area contributed by atoms with Crippen molar-refractivity contribution in [2.75, 3.05) is 0 Å². The molecule has 1 heterocycles. The van der Waals surface area contributed by atoms with Gasteiger partial charge in [-0.05, 0) is 24.3 Å². The summed E-state index contributed by atoms with van der Waals surface area (Å²) in [6, 6.07) is 9.86. The molecular formula is C13H13BrN4. The van der Waals surface area contributed by atoms with Gasteiger partial charge < -0.3 is 0 Å². The molecule has 92 valence electrons. The molecule has 0 N–H and O–H groups in total. The lowest BCUT2D eigenvalue weighted by Crippen LogP contribution is -2.18. The van der Waals surface area contributed by atoms with Crippen LogP contribution in [-0.4, -0.2) is 15.0 Å². The summed E-state index contributed by atoms with van der Waals surface area (Å²) in [4.78, 5) is 0. The van der Waals surface area contributed by atoms with Gasteiger partial charge in [0.15, 0.2) is 5.69 Å². The number of nitriles is 1. The van der Waals surface area contributed by atoms with Crippen LogP contribution in [0.5, 0.6) is 0 Å². The highest BCUT2D eigenvalue weighted by Crippen LogP contribution is 2.27. The minimum Gasteiger partial charge on any atom is -0.216 e. The summed E-state index contributed by atoms with van der Waals surface area (Å²) in [6.07, 6.45) is 0. The van der Waals surface area contributed by atoms with Gasteiger partial charge in [-0.1, -0.05) is 41.9 Å². The van der Waals surface area contributed by atoms with Gasteiger partial charge in [0.25, 0.3) is 0 Å². The van der Waals surface area contributed by atoms with Gasteiger partial charge in [-0.25, -0.2) is 4.68 Å². The Bertz CT molecular complexity index is 599. The number of nitrogens with zero attached hydrogens (tertiary/aromatic N) is 4. The molecule has 0 aliphatic carbocycles. The van der Waals surface area contributed by atoms with Crippen molar-refractivity contribution in [3.63, 3.8) is 0 Å². The zero-order valence-electron chi connectivity index (χ0n) is 10.5. The van der Waals surface area contributed by atoms with Crippen LogP contribution in [0.3, 0.4) is 0 Å². The largest absolute Gasteiger partial charge is 0.216 e. The van der Waals surface area contributed by atoms with E-state index in [-0.39, 0.29) is 5.41 Å². The molecule has 1 aromatic heterocycles. The molecule has 1 aromatic carbocycles. The van der Waals surface area contributed by atoms with Crippen molar-refractivity contribution in [1.82, 2.24) is 15.0 Å².